The number of hydrogen-bond donors (Lipinski definition) is 1. The van der Waals surface area contributed by atoms with Gasteiger partial charge in [0.15, 0.2) is 6.20 Å². The third-order valence-corrected chi connectivity index (χ3v) is 4.08. The highest BCUT2D eigenvalue weighted by Crippen LogP contribution is 2.33. The van der Waals surface area contributed by atoms with Gasteiger partial charge in [0, 0.05) is 18.2 Å². The van der Waals surface area contributed by atoms with E-state index in [1.807, 2.05) is 44.2 Å². The predicted octanol–water partition coefficient (Wildman–Crippen LogP) is 2.68. The first-order valence-corrected chi connectivity index (χ1v) is 7.66. The molecule has 0 fully saturated rings. The molecule has 0 saturated heterocycles. The summed E-state index contributed by atoms with van der Waals surface area (Å²) in [5.74, 6) is -0.0925. The van der Waals surface area contributed by atoms with Crippen LogP contribution in [0.4, 0.5) is 0 Å². The maximum absolute atomic E-state index is 12.4. The minimum atomic E-state index is -0.448. The van der Waals surface area contributed by atoms with Crippen LogP contribution in [0.1, 0.15) is 24.7 Å². The summed E-state index contributed by atoms with van der Waals surface area (Å²) in [6.45, 7) is 3.84. The van der Waals surface area contributed by atoms with Crippen LogP contribution in [0, 0.1) is 5.21 Å². The molecule has 110 valence electrons. The summed E-state index contributed by atoms with van der Waals surface area (Å²) in [5.41, 5.74) is 0.879. The van der Waals surface area contributed by atoms with Crippen molar-refractivity contribution in [2.24, 2.45) is 0 Å². The van der Waals surface area contributed by atoms with Crippen molar-refractivity contribution >= 4 is 17.7 Å². The van der Waals surface area contributed by atoms with Crippen LogP contribution >= 0.6 is 11.8 Å². The summed E-state index contributed by atoms with van der Waals surface area (Å²) >= 11 is 1.26. The molecule has 1 aromatic carbocycles. The first-order valence-electron chi connectivity index (χ1n) is 6.78. The molecule has 1 unspecified atom stereocenters. The second kappa shape index (κ2) is 7.13. The summed E-state index contributed by atoms with van der Waals surface area (Å²) in [4.78, 5) is 12.4. The largest absolute Gasteiger partial charge is 0.618 e. The lowest BCUT2D eigenvalue weighted by Gasteiger charge is -2.17. The number of nitrogens with one attached hydrogen (secondary N) is 1. The normalized spacial score (nSPS) is 12.1. The summed E-state index contributed by atoms with van der Waals surface area (Å²) < 4.78 is 0.781. The van der Waals surface area contributed by atoms with E-state index in [9.17, 15) is 10.0 Å². The van der Waals surface area contributed by atoms with Gasteiger partial charge in [-0.2, -0.15) is 4.73 Å². The highest BCUT2D eigenvalue weighted by atomic mass is 32.2. The van der Waals surface area contributed by atoms with Crippen molar-refractivity contribution in [2.45, 2.75) is 30.2 Å². The van der Waals surface area contributed by atoms with E-state index >= 15 is 0 Å². The van der Waals surface area contributed by atoms with Crippen LogP contribution < -0.4 is 10.0 Å². The van der Waals surface area contributed by atoms with Crippen molar-refractivity contribution in [3.05, 3.63) is 65.5 Å². The third kappa shape index (κ3) is 4.23. The standard InChI is InChI=1S/C16H18N2O2S/c1-12(2)17-16(19)15(13-8-4-3-5-9-13)21-14-10-6-7-11-18(14)20/h3-12,15H,1-2H3,(H,17,19). The second-order valence-electron chi connectivity index (χ2n) is 4.94. The number of carbonyl (C=O) groups excluding carboxylic acids is 1. The van der Waals surface area contributed by atoms with Gasteiger partial charge >= 0.3 is 0 Å². The Balaban J connectivity index is 2.28. The molecule has 5 heteroatoms. The molecule has 2 aromatic rings. The molecular weight excluding hydrogens is 284 g/mol. The molecule has 1 atom stereocenters. The molecule has 0 saturated carbocycles. The van der Waals surface area contributed by atoms with Gasteiger partial charge in [-0.1, -0.05) is 30.3 Å². The molecule has 1 heterocycles. The molecule has 1 amide bonds. The van der Waals surface area contributed by atoms with Crippen molar-refractivity contribution in [1.82, 2.24) is 5.32 Å². The SMILES string of the molecule is CC(C)NC(=O)C(Sc1cccc[n+]1[O-])c1ccccc1. The van der Waals surface area contributed by atoms with Crippen molar-refractivity contribution in [3.63, 3.8) is 0 Å². The lowest BCUT2D eigenvalue weighted by atomic mass is 10.1. The zero-order valence-electron chi connectivity index (χ0n) is 12.0. The Kier molecular flexibility index (Phi) is 5.22. The molecule has 0 radical (unpaired) electrons. The van der Waals surface area contributed by atoms with Crippen LogP contribution in [0.2, 0.25) is 0 Å². The van der Waals surface area contributed by atoms with E-state index in [2.05, 4.69) is 5.32 Å². The molecule has 0 bridgehead atoms. The van der Waals surface area contributed by atoms with Gasteiger partial charge in [-0.15, -0.1) is 0 Å². The number of thioether (sulfide) groups is 1. The van der Waals surface area contributed by atoms with Gasteiger partial charge in [-0.3, -0.25) is 4.79 Å². The Morgan fingerprint density at radius 3 is 2.43 bits per heavy atom. The first kappa shape index (κ1) is 15.4. The smallest absolute Gasteiger partial charge is 0.252 e. The fourth-order valence-electron chi connectivity index (χ4n) is 1.89. The van der Waals surface area contributed by atoms with Gasteiger partial charge in [-0.05, 0) is 37.2 Å². The number of rotatable bonds is 5. The number of aromatic nitrogens is 1. The Morgan fingerprint density at radius 1 is 1.14 bits per heavy atom. The molecule has 21 heavy (non-hydrogen) atoms. The van der Waals surface area contributed by atoms with Crippen molar-refractivity contribution in [3.8, 4) is 0 Å². The van der Waals surface area contributed by atoms with E-state index in [-0.39, 0.29) is 11.9 Å². The van der Waals surface area contributed by atoms with Crippen LogP contribution in [0.5, 0.6) is 0 Å². The van der Waals surface area contributed by atoms with Gasteiger partial charge in [0.25, 0.3) is 5.03 Å². The van der Waals surface area contributed by atoms with Crippen LogP contribution in [-0.2, 0) is 4.79 Å². The van der Waals surface area contributed by atoms with Crippen LogP contribution in [0.25, 0.3) is 0 Å². The van der Waals surface area contributed by atoms with E-state index in [0.29, 0.717) is 5.03 Å². The van der Waals surface area contributed by atoms with Crippen molar-refractivity contribution in [1.29, 1.82) is 0 Å². The zero-order chi connectivity index (χ0) is 15.2. The molecule has 2 rings (SSSR count). The molecule has 0 aliphatic rings. The Hall–Kier alpha value is -2.01. The van der Waals surface area contributed by atoms with E-state index in [1.54, 1.807) is 18.2 Å². The average molecular weight is 302 g/mol. The summed E-state index contributed by atoms with van der Waals surface area (Å²) in [6, 6.07) is 14.7. The van der Waals surface area contributed by atoms with Gasteiger partial charge in [0.05, 0.1) is 0 Å². The fourth-order valence-corrected chi connectivity index (χ4v) is 2.92. The summed E-state index contributed by atoms with van der Waals surface area (Å²) in [7, 11) is 0. The van der Waals surface area contributed by atoms with Crippen LogP contribution in [0.3, 0.4) is 0 Å². The van der Waals surface area contributed by atoms with Gasteiger partial charge in [0.2, 0.25) is 5.91 Å². The molecule has 1 aromatic heterocycles. The zero-order valence-corrected chi connectivity index (χ0v) is 12.8. The molecule has 4 nitrogen and oxygen atoms in total. The third-order valence-electron chi connectivity index (χ3n) is 2.80. The number of carbonyl (C=O) groups is 1. The Labute approximate surface area is 128 Å². The van der Waals surface area contributed by atoms with E-state index in [1.165, 1.54) is 18.0 Å². The molecule has 0 spiro atoms. The highest BCUT2D eigenvalue weighted by molar-refractivity contribution is 8.00. The Bertz CT molecular complexity index is 602. The van der Waals surface area contributed by atoms with Gasteiger partial charge in [0.1, 0.15) is 5.25 Å². The second-order valence-corrected chi connectivity index (χ2v) is 6.06. The van der Waals surface area contributed by atoms with Crippen molar-refractivity contribution in [2.75, 3.05) is 0 Å². The lowest BCUT2D eigenvalue weighted by molar-refractivity contribution is -0.645. The number of benzene rings is 1. The summed E-state index contributed by atoms with van der Waals surface area (Å²) in [5, 5.41) is 14.8. The van der Waals surface area contributed by atoms with E-state index in [4.69, 9.17) is 0 Å². The molecular formula is C16H18N2O2S. The highest BCUT2D eigenvalue weighted by Gasteiger charge is 2.25. The number of nitrogens with zero attached hydrogens (tertiary/aromatic N) is 1. The van der Waals surface area contributed by atoms with E-state index in [0.717, 1.165) is 10.3 Å². The monoisotopic (exact) mass is 302 g/mol. The van der Waals surface area contributed by atoms with E-state index < -0.39 is 5.25 Å². The average Bonchev–Trinajstić information content (AvgIpc) is 2.46. The predicted molar refractivity (Wildman–Crippen MR) is 83.7 cm³/mol. The fraction of sp³-hybridized carbons (Fsp3) is 0.250. The quantitative estimate of drug-likeness (QED) is 0.525. The number of amides is 1. The number of pyridine rings is 1. The van der Waals surface area contributed by atoms with Crippen molar-refractivity contribution < 1.29 is 9.52 Å². The maximum atomic E-state index is 12.4. The minimum Gasteiger partial charge on any atom is -0.618 e. The first-order chi connectivity index (χ1) is 10.1. The Morgan fingerprint density at radius 2 is 1.81 bits per heavy atom. The molecule has 1 N–H and O–H groups in total. The number of hydrogen-bond acceptors (Lipinski definition) is 3. The molecule has 0 aliphatic heterocycles. The minimum absolute atomic E-state index is 0.0551. The van der Waals surface area contributed by atoms with Crippen LogP contribution in [-0.4, -0.2) is 11.9 Å². The van der Waals surface area contributed by atoms with Gasteiger partial charge < -0.3 is 10.5 Å². The topological polar surface area (TPSA) is 56.0 Å². The van der Waals surface area contributed by atoms with Gasteiger partial charge in [-0.25, -0.2) is 0 Å². The summed E-state index contributed by atoms with van der Waals surface area (Å²) in [6.07, 6.45) is 1.44. The maximum Gasteiger partial charge on any atom is 0.252 e. The molecule has 0 aliphatic carbocycles. The lowest BCUT2D eigenvalue weighted by Crippen LogP contribution is -2.35. The van der Waals surface area contributed by atoms with Crippen LogP contribution in [0.15, 0.2) is 59.8 Å².